The molecule has 0 spiro atoms. The lowest BCUT2D eigenvalue weighted by molar-refractivity contribution is -0.135. The largest absolute Gasteiger partial charge is 0.492 e. The second-order valence-electron chi connectivity index (χ2n) is 9.10. The maximum Gasteiger partial charge on any atom is 0.223 e. The van der Waals surface area contributed by atoms with E-state index in [1.807, 2.05) is 35.2 Å². The van der Waals surface area contributed by atoms with E-state index in [4.69, 9.17) is 4.74 Å². The summed E-state index contributed by atoms with van der Waals surface area (Å²) in [5.41, 5.74) is 3.78. The quantitative estimate of drug-likeness (QED) is 0.670. The molecule has 4 rings (SSSR count). The highest BCUT2D eigenvalue weighted by atomic mass is 16.5. The number of rotatable bonds is 8. The highest BCUT2D eigenvalue weighted by molar-refractivity contribution is 5.84. The summed E-state index contributed by atoms with van der Waals surface area (Å²) in [6, 6.07) is 16.5. The van der Waals surface area contributed by atoms with Crippen LogP contribution in [0.25, 0.3) is 0 Å². The van der Waals surface area contributed by atoms with Gasteiger partial charge < -0.3 is 15.0 Å². The standard InChI is InChI=1S/C27H35N3O3/c1-21-9-11-23(12-10-21)33-20-19-29-15-17-30(18-16-29)27(32)14-13-26(31)28-25-8-4-6-22-5-2-3-7-24(22)25/h2-3,5,7,9-12,25H,4,6,8,13-20H2,1H3,(H,28,31). The van der Waals surface area contributed by atoms with Crippen LogP contribution in [0.4, 0.5) is 0 Å². The molecule has 176 valence electrons. The number of carbonyl (C=O) groups is 2. The first-order chi connectivity index (χ1) is 16.1. The molecule has 1 aliphatic heterocycles. The van der Waals surface area contributed by atoms with Crippen LogP contribution in [-0.4, -0.2) is 60.9 Å². The van der Waals surface area contributed by atoms with E-state index >= 15 is 0 Å². The Balaban J connectivity index is 1.13. The van der Waals surface area contributed by atoms with E-state index in [9.17, 15) is 9.59 Å². The zero-order valence-electron chi connectivity index (χ0n) is 19.6. The van der Waals surface area contributed by atoms with Crippen molar-refractivity contribution in [1.29, 1.82) is 0 Å². The molecule has 6 heteroatoms. The van der Waals surface area contributed by atoms with Crippen molar-refractivity contribution in [2.45, 2.75) is 45.1 Å². The van der Waals surface area contributed by atoms with Gasteiger partial charge in [0.15, 0.2) is 0 Å². The molecule has 2 aromatic rings. The second kappa shape index (κ2) is 11.3. The number of amides is 2. The van der Waals surface area contributed by atoms with Crippen LogP contribution in [0.1, 0.15) is 48.4 Å². The summed E-state index contributed by atoms with van der Waals surface area (Å²) in [6.07, 6.45) is 3.65. The Hall–Kier alpha value is -2.86. The Bertz CT molecular complexity index is 936. The van der Waals surface area contributed by atoms with Crippen LogP contribution >= 0.6 is 0 Å². The van der Waals surface area contributed by atoms with Gasteiger partial charge in [0.1, 0.15) is 12.4 Å². The molecule has 0 bridgehead atoms. The van der Waals surface area contributed by atoms with Gasteiger partial charge in [-0.2, -0.15) is 0 Å². The monoisotopic (exact) mass is 449 g/mol. The van der Waals surface area contributed by atoms with Crippen LogP contribution < -0.4 is 10.1 Å². The number of piperazine rings is 1. The lowest BCUT2D eigenvalue weighted by Gasteiger charge is -2.34. The van der Waals surface area contributed by atoms with Crippen molar-refractivity contribution in [3.05, 3.63) is 65.2 Å². The van der Waals surface area contributed by atoms with E-state index in [0.717, 1.165) is 44.6 Å². The Morgan fingerprint density at radius 1 is 1.00 bits per heavy atom. The lowest BCUT2D eigenvalue weighted by Crippen LogP contribution is -2.49. The van der Waals surface area contributed by atoms with Gasteiger partial charge in [0.2, 0.25) is 11.8 Å². The molecule has 2 aliphatic rings. The summed E-state index contributed by atoms with van der Waals surface area (Å²) in [6.45, 7) is 6.65. The predicted octanol–water partition coefficient (Wildman–Crippen LogP) is 3.49. The fourth-order valence-corrected chi connectivity index (χ4v) is 4.70. The molecule has 1 saturated heterocycles. The van der Waals surface area contributed by atoms with Gasteiger partial charge in [-0.05, 0) is 49.4 Å². The van der Waals surface area contributed by atoms with Crippen LogP contribution in [0.2, 0.25) is 0 Å². The Kier molecular flexibility index (Phi) is 8.00. The third-order valence-electron chi connectivity index (χ3n) is 6.69. The maximum absolute atomic E-state index is 12.6. The van der Waals surface area contributed by atoms with Crippen molar-refractivity contribution >= 4 is 11.8 Å². The van der Waals surface area contributed by atoms with E-state index in [1.54, 1.807) is 0 Å². The molecule has 1 heterocycles. The topological polar surface area (TPSA) is 61.9 Å². The molecule has 2 amide bonds. The maximum atomic E-state index is 12.6. The van der Waals surface area contributed by atoms with Crippen LogP contribution in [0.5, 0.6) is 5.75 Å². The minimum Gasteiger partial charge on any atom is -0.492 e. The zero-order chi connectivity index (χ0) is 23.0. The van der Waals surface area contributed by atoms with Gasteiger partial charge in [0, 0.05) is 45.6 Å². The van der Waals surface area contributed by atoms with Crippen LogP contribution in [-0.2, 0) is 16.0 Å². The molecule has 1 N–H and O–H groups in total. The predicted molar refractivity (Wildman–Crippen MR) is 129 cm³/mol. The number of carbonyl (C=O) groups excluding carboxylic acids is 2. The molecule has 1 atom stereocenters. The van der Waals surface area contributed by atoms with Crippen molar-refractivity contribution in [2.24, 2.45) is 0 Å². The highest BCUT2D eigenvalue weighted by Crippen LogP contribution is 2.29. The molecular weight excluding hydrogens is 414 g/mol. The molecule has 0 aromatic heterocycles. The summed E-state index contributed by atoms with van der Waals surface area (Å²) in [5, 5.41) is 3.15. The zero-order valence-corrected chi connectivity index (χ0v) is 19.6. The molecule has 0 radical (unpaired) electrons. The number of fused-ring (bicyclic) bond motifs is 1. The number of benzene rings is 2. The summed E-state index contributed by atoms with van der Waals surface area (Å²) < 4.78 is 5.82. The molecule has 33 heavy (non-hydrogen) atoms. The number of hydrogen-bond donors (Lipinski definition) is 1. The first kappa shape index (κ1) is 23.3. The number of aryl methyl sites for hydroxylation is 2. The summed E-state index contributed by atoms with van der Waals surface area (Å²) in [4.78, 5) is 29.4. The smallest absolute Gasteiger partial charge is 0.223 e. The van der Waals surface area contributed by atoms with Gasteiger partial charge in [-0.1, -0.05) is 42.0 Å². The first-order valence-electron chi connectivity index (χ1n) is 12.2. The third kappa shape index (κ3) is 6.57. The lowest BCUT2D eigenvalue weighted by atomic mass is 9.87. The highest BCUT2D eigenvalue weighted by Gasteiger charge is 2.24. The van der Waals surface area contributed by atoms with Crippen molar-refractivity contribution in [2.75, 3.05) is 39.3 Å². The van der Waals surface area contributed by atoms with Gasteiger partial charge >= 0.3 is 0 Å². The molecule has 0 saturated carbocycles. The fourth-order valence-electron chi connectivity index (χ4n) is 4.70. The molecule has 2 aromatic carbocycles. The van der Waals surface area contributed by atoms with Gasteiger partial charge in [-0.25, -0.2) is 0 Å². The van der Waals surface area contributed by atoms with E-state index in [2.05, 4.69) is 35.3 Å². The van der Waals surface area contributed by atoms with Gasteiger partial charge in [0.05, 0.1) is 6.04 Å². The van der Waals surface area contributed by atoms with E-state index in [1.165, 1.54) is 16.7 Å². The molecule has 1 fully saturated rings. The minimum absolute atomic E-state index is 0.0306. The van der Waals surface area contributed by atoms with Gasteiger partial charge in [0.25, 0.3) is 0 Å². The second-order valence-corrected chi connectivity index (χ2v) is 9.10. The Morgan fingerprint density at radius 2 is 1.76 bits per heavy atom. The third-order valence-corrected chi connectivity index (χ3v) is 6.69. The first-order valence-corrected chi connectivity index (χ1v) is 12.2. The number of nitrogens with one attached hydrogen (secondary N) is 1. The number of ether oxygens (including phenoxy) is 1. The minimum atomic E-state index is -0.0306. The normalized spacial score (nSPS) is 18.5. The van der Waals surface area contributed by atoms with Gasteiger partial charge in [-0.15, -0.1) is 0 Å². The van der Waals surface area contributed by atoms with E-state index < -0.39 is 0 Å². The number of nitrogens with zero attached hydrogens (tertiary/aromatic N) is 2. The van der Waals surface area contributed by atoms with Crippen molar-refractivity contribution in [3.63, 3.8) is 0 Å². The Morgan fingerprint density at radius 3 is 2.55 bits per heavy atom. The molecule has 1 unspecified atom stereocenters. The van der Waals surface area contributed by atoms with Crippen LogP contribution in [0.15, 0.2) is 48.5 Å². The SMILES string of the molecule is Cc1ccc(OCCN2CCN(C(=O)CCC(=O)NC3CCCc4ccccc43)CC2)cc1. The van der Waals surface area contributed by atoms with E-state index in [-0.39, 0.29) is 30.7 Å². The average Bonchev–Trinajstić information content (AvgIpc) is 2.84. The molecule has 1 aliphatic carbocycles. The van der Waals surface area contributed by atoms with Gasteiger partial charge in [-0.3, -0.25) is 14.5 Å². The summed E-state index contributed by atoms with van der Waals surface area (Å²) >= 11 is 0. The van der Waals surface area contributed by atoms with Crippen molar-refractivity contribution in [3.8, 4) is 5.75 Å². The summed E-state index contributed by atoms with van der Waals surface area (Å²) in [5.74, 6) is 0.936. The Labute approximate surface area is 196 Å². The molecular formula is C27H35N3O3. The summed E-state index contributed by atoms with van der Waals surface area (Å²) in [7, 11) is 0. The average molecular weight is 450 g/mol. The van der Waals surface area contributed by atoms with Crippen molar-refractivity contribution in [1.82, 2.24) is 15.1 Å². The number of hydrogen-bond acceptors (Lipinski definition) is 4. The van der Waals surface area contributed by atoms with Crippen molar-refractivity contribution < 1.29 is 14.3 Å². The van der Waals surface area contributed by atoms with Crippen LogP contribution in [0, 0.1) is 6.92 Å². The molecule has 6 nitrogen and oxygen atoms in total. The van der Waals surface area contributed by atoms with E-state index in [0.29, 0.717) is 19.7 Å². The van der Waals surface area contributed by atoms with Crippen LogP contribution in [0.3, 0.4) is 0 Å². The fraction of sp³-hybridized carbons (Fsp3) is 0.481.